The number of carbonyl (C=O) groups excluding carboxylic acids is 1. The van der Waals surface area contributed by atoms with Crippen LogP contribution in [0.3, 0.4) is 0 Å². The Kier molecular flexibility index (Phi) is 7.73. The van der Waals surface area contributed by atoms with Gasteiger partial charge in [0, 0.05) is 8.95 Å². The molecule has 2 N–H and O–H groups in total. The van der Waals surface area contributed by atoms with Gasteiger partial charge in [0.25, 0.3) is 0 Å². The standard InChI is InChI=1S/C9H9BrO3.C7H5BrO3/c1-12-8-5-6(10)3-4-7(8)9(11)13-2;8-4-1-2-5(7(10)11)6(9)3-4/h3-5H,1-2H3;1-3,9H,(H,10,11). The van der Waals surface area contributed by atoms with Crippen molar-refractivity contribution in [2.24, 2.45) is 0 Å². The minimum atomic E-state index is -1.13. The highest BCUT2D eigenvalue weighted by Gasteiger charge is 2.12. The lowest BCUT2D eigenvalue weighted by Crippen LogP contribution is -2.03. The van der Waals surface area contributed by atoms with Crippen molar-refractivity contribution in [1.29, 1.82) is 0 Å². The van der Waals surface area contributed by atoms with Crippen LogP contribution in [-0.2, 0) is 4.74 Å². The normalized spacial score (nSPS) is 9.50. The van der Waals surface area contributed by atoms with Gasteiger partial charge in [0.2, 0.25) is 0 Å². The molecule has 0 bridgehead atoms. The van der Waals surface area contributed by atoms with Gasteiger partial charge in [-0.2, -0.15) is 0 Å². The van der Waals surface area contributed by atoms with E-state index in [2.05, 4.69) is 36.6 Å². The van der Waals surface area contributed by atoms with E-state index < -0.39 is 11.9 Å². The number of aromatic hydroxyl groups is 1. The van der Waals surface area contributed by atoms with Crippen LogP contribution in [0.2, 0.25) is 0 Å². The van der Waals surface area contributed by atoms with Crippen molar-refractivity contribution in [2.45, 2.75) is 0 Å². The zero-order valence-corrected chi connectivity index (χ0v) is 15.9. The van der Waals surface area contributed by atoms with Crippen molar-refractivity contribution < 1.29 is 29.3 Å². The fourth-order valence-electron chi connectivity index (χ4n) is 1.63. The third kappa shape index (κ3) is 5.54. The third-order valence-corrected chi connectivity index (χ3v) is 3.75. The molecule has 0 saturated heterocycles. The third-order valence-electron chi connectivity index (χ3n) is 2.76. The van der Waals surface area contributed by atoms with Gasteiger partial charge in [0.05, 0.1) is 14.2 Å². The lowest BCUT2D eigenvalue weighted by molar-refractivity contribution is 0.0596. The van der Waals surface area contributed by atoms with Gasteiger partial charge in [0.1, 0.15) is 22.6 Å². The number of ether oxygens (including phenoxy) is 2. The zero-order chi connectivity index (χ0) is 18.3. The molecule has 0 saturated carbocycles. The number of carbonyl (C=O) groups is 2. The first-order valence-electron chi connectivity index (χ1n) is 6.43. The van der Waals surface area contributed by atoms with Gasteiger partial charge in [-0.1, -0.05) is 31.9 Å². The summed E-state index contributed by atoms with van der Waals surface area (Å²) in [5, 5.41) is 17.5. The number of carboxylic acids is 1. The number of aromatic carboxylic acids is 1. The molecule has 0 fully saturated rings. The average Bonchev–Trinajstić information content (AvgIpc) is 2.54. The molecule has 8 heteroatoms. The second-order valence-corrected chi connectivity index (χ2v) is 6.13. The van der Waals surface area contributed by atoms with Crippen LogP contribution >= 0.6 is 31.9 Å². The van der Waals surface area contributed by atoms with E-state index in [0.29, 0.717) is 15.8 Å². The van der Waals surface area contributed by atoms with Gasteiger partial charge in [0.15, 0.2) is 0 Å². The number of halogens is 2. The monoisotopic (exact) mass is 460 g/mol. The van der Waals surface area contributed by atoms with E-state index in [1.54, 1.807) is 24.3 Å². The summed E-state index contributed by atoms with van der Waals surface area (Å²) in [5.41, 5.74) is 0.335. The molecule has 0 unspecified atom stereocenters. The van der Waals surface area contributed by atoms with Crippen molar-refractivity contribution in [3.05, 3.63) is 56.5 Å². The highest BCUT2D eigenvalue weighted by atomic mass is 79.9. The summed E-state index contributed by atoms with van der Waals surface area (Å²) in [6.45, 7) is 0. The smallest absolute Gasteiger partial charge is 0.341 e. The SMILES string of the molecule is COC(=O)c1ccc(Br)cc1OC.O=C(O)c1ccc(Br)cc1O. The summed E-state index contributed by atoms with van der Waals surface area (Å²) in [6, 6.07) is 9.35. The maximum atomic E-state index is 11.2. The van der Waals surface area contributed by atoms with E-state index in [0.717, 1.165) is 4.47 Å². The molecule has 0 amide bonds. The van der Waals surface area contributed by atoms with Crippen LogP contribution in [0.5, 0.6) is 11.5 Å². The van der Waals surface area contributed by atoms with Crippen LogP contribution in [0.1, 0.15) is 20.7 Å². The van der Waals surface area contributed by atoms with Gasteiger partial charge in [-0.05, 0) is 36.4 Å². The van der Waals surface area contributed by atoms with Gasteiger partial charge in [-0.3, -0.25) is 0 Å². The lowest BCUT2D eigenvalue weighted by Gasteiger charge is -2.06. The van der Waals surface area contributed by atoms with E-state index in [9.17, 15) is 9.59 Å². The van der Waals surface area contributed by atoms with Crippen LogP contribution in [0.25, 0.3) is 0 Å². The topological polar surface area (TPSA) is 93.1 Å². The molecule has 0 heterocycles. The lowest BCUT2D eigenvalue weighted by atomic mass is 10.2. The van der Waals surface area contributed by atoms with Gasteiger partial charge in [-0.15, -0.1) is 0 Å². The summed E-state index contributed by atoms with van der Waals surface area (Å²) < 4.78 is 11.1. The molecule has 2 aromatic carbocycles. The minimum absolute atomic E-state index is 0.0896. The fraction of sp³-hybridized carbons (Fsp3) is 0.125. The highest BCUT2D eigenvalue weighted by Crippen LogP contribution is 2.24. The molecule has 24 heavy (non-hydrogen) atoms. The van der Waals surface area contributed by atoms with E-state index in [4.69, 9.17) is 14.9 Å². The number of benzene rings is 2. The number of hydrogen-bond acceptors (Lipinski definition) is 5. The molecule has 0 aliphatic heterocycles. The Morgan fingerprint density at radius 1 is 0.958 bits per heavy atom. The first-order valence-corrected chi connectivity index (χ1v) is 8.02. The van der Waals surface area contributed by atoms with E-state index >= 15 is 0 Å². The number of methoxy groups -OCH3 is 2. The Morgan fingerprint density at radius 3 is 1.96 bits per heavy atom. The molecule has 0 aliphatic carbocycles. The molecule has 0 spiro atoms. The first-order chi connectivity index (χ1) is 11.3. The summed E-state index contributed by atoms with van der Waals surface area (Å²) in [7, 11) is 2.85. The summed E-state index contributed by atoms with van der Waals surface area (Å²) in [6.07, 6.45) is 0. The molecular formula is C16H14Br2O6. The van der Waals surface area contributed by atoms with Crippen molar-refractivity contribution in [1.82, 2.24) is 0 Å². The Balaban J connectivity index is 0.000000243. The molecule has 0 atom stereocenters. The number of esters is 1. The fourth-order valence-corrected chi connectivity index (χ4v) is 2.32. The highest BCUT2D eigenvalue weighted by molar-refractivity contribution is 9.10. The van der Waals surface area contributed by atoms with E-state index in [1.165, 1.54) is 26.4 Å². The van der Waals surface area contributed by atoms with Crippen molar-refractivity contribution in [2.75, 3.05) is 14.2 Å². The maximum Gasteiger partial charge on any atom is 0.341 e. The van der Waals surface area contributed by atoms with Crippen LogP contribution in [-0.4, -0.2) is 36.4 Å². The number of rotatable bonds is 3. The Morgan fingerprint density at radius 2 is 1.50 bits per heavy atom. The van der Waals surface area contributed by atoms with Crippen molar-refractivity contribution >= 4 is 43.8 Å². The number of hydrogen-bond donors (Lipinski definition) is 2. The number of carboxylic acid groups (broad SMARTS) is 1. The quantitative estimate of drug-likeness (QED) is 0.668. The van der Waals surface area contributed by atoms with Crippen LogP contribution in [0, 0.1) is 0 Å². The van der Waals surface area contributed by atoms with E-state index in [-0.39, 0.29) is 11.3 Å². The molecule has 2 rings (SSSR count). The van der Waals surface area contributed by atoms with Gasteiger partial charge in [-0.25, -0.2) is 9.59 Å². The molecule has 0 aliphatic rings. The van der Waals surface area contributed by atoms with Crippen molar-refractivity contribution in [3.63, 3.8) is 0 Å². The largest absolute Gasteiger partial charge is 0.507 e. The molecule has 6 nitrogen and oxygen atoms in total. The van der Waals surface area contributed by atoms with Crippen LogP contribution in [0.15, 0.2) is 45.3 Å². The Labute approximate surface area is 155 Å². The molecule has 0 aromatic heterocycles. The second kappa shape index (κ2) is 9.29. The van der Waals surface area contributed by atoms with Crippen molar-refractivity contribution in [3.8, 4) is 11.5 Å². The molecule has 128 valence electrons. The zero-order valence-electron chi connectivity index (χ0n) is 12.7. The van der Waals surface area contributed by atoms with Crippen LogP contribution < -0.4 is 4.74 Å². The predicted molar refractivity (Wildman–Crippen MR) is 94.8 cm³/mol. The maximum absolute atomic E-state index is 11.2. The molecular weight excluding hydrogens is 448 g/mol. The first kappa shape index (κ1) is 20.0. The average molecular weight is 462 g/mol. The predicted octanol–water partition coefficient (Wildman–Crippen LogP) is 4.10. The summed E-state index contributed by atoms with van der Waals surface area (Å²) in [5.74, 6) is -1.26. The minimum Gasteiger partial charge on any atom is -0.507 e. The Bertz CT molecular complexity index is 745. The molecule has 2 aromatic rings. The van der Waals surface area contributed by atoms with Gasteiger partial charge >= 0.3 is 11.9 Å². The summed E-state index contributed by atoms with van der Waals surface area (Å²) in [4.78, 5) is 21.5. The second-order valence-electron chi connectivity index (χ2n) is 4.30. The molecule has 0 radical (unpaired) electrons. The van der Waals surface area contributed by atoms with Crippen LogP contribution in [0.4, 0.5) is 0 Å². The van der Waals surface area contributed by atoms with Gasteiger partial charge < -0.3 is 19.7 Å². The number of phenols is 1. The summed E-state index contributed by atoms with van der Waals surface area (Å²) >= 11 is 6.37. The van der Waals surface area contributed by atoms with E-state index in [1.807, 2.05) is 0 Å². The Hall–Kier alpha value is -2.06.